The van der Waals surface area contributed by atoms with Crippen molar-refractivity contribution in [2.75, 3.05) is 78.0 Å². The molecule has 3 rings (SSSR count). The first kappa shape index (κ1) is 21.8. The van der Waals surface area contributed by atoms with E-state index in [4.69, 9.17) is 4.74 Å². The lowest BCUT2D eigenvalue weighted by atomic mass is 9.97. The number of guanidine groups is 1. The zero-order chi connectivity index (χ0) is 20.6. The van der Waals surface area contributed by atoms with E-state index in [1.165, 1.54) is 25.0 Å². The van der Waals surface area contributed by atoms with Gasteiger partial charge in [0, 0.05) is 59.5 Å². The van der Waals surface area contributed by atoms with Crippen LogP contribution in [0.5, 0.6) is 0 Å². The summed E-state index contributed by atoms with van der Waals surface area (Å²) in [5.41, 5.74) is 0.341. The fourth-order valence-corrected chi connectivity index (χ4v) is 4.09. The van der Waals surface area contributed by atoms with Crippen LogP contribution < -0.4 is 10.2 Å². The fourth-order valence-electron chi connectivity index (χ4n) is 4.09. The Labute approximate surface area is 172 Å². The fraction of sp³-hybridized carbons (Fsp3) is 0.667. The molecule has 2 saturated heterocycles. The number of benzene rings is 1. The molecule has 8 heteroatoms. The van der Waals surface area contributed by atoms with Crippen molar-refractivity contribution in [1.29, 1.82) is 0 Å². The molecule has 162 valence electrons. The molecule has 2 heterocycles. The van der Waals surface area contributed by atoms with Crippen LogP contribution >= 0.6 is 0 Å². The predicted octanol–water partition coefficient (Wildman–Crippen LogP) is 2.02. The monoisotopic (exact) mass is 409 g/mol. The van der Waals surface area contributed by atoms with Crippen molar-refractivity contribution in [3.63, 3.8) is 0 Å². The molecule has 0 unspecified atom stereocenters. The molecule has 1 aromatic rings. The highest BCUT2D eigenvalue weighted by Crippen LogP contribution is 2.22. The Balaban J connectivity index is 1.43. The van der Waals surface area contributed by atoms with Crippen LogP contribution in [0.2, 0.25) is 0 Å². The minimum absolute atomic E-state index is 0.341. The van der Waals surface area contributed by atoms with Crippen LogP contribution in [0.1, 0.15) is 12.8 Å². The van der Waals surface area contributed by atoms with E-state index in [1.54, 1.807) is 14.2 Å². The first-order chi connectivity index (χ1) is 14.1. The van der Waals surface area contributed by atoms with E-state index < -0.39 is 5.82 Å². The third-order valence-electron chi connectivity index (χ3n) is 5.91. The average molecular weight is 410 g/mol. The predicted molar refractivity (Wildman–Crippen MR) is 113 cm³/mol. The largest absolute Gasteiger partial charge is 0.383 e. The summed E-state index contributed by atoms with van der Waals surface area (Å²) in [4.78, 5) is 11.0. The molecular weight excluding hydrogens is 376 g/mol. The van der Waals surface area contributed by atoms with E-state index in [0.29, 0.717) is 24.7 Å². The number of likely N-dealkylation sites (tertiary alicyclic amines) is 1. The highest BCUT2D eigenvalue weighted by atomic mass is 19.1. The zero-order valence-electron chi connectivity index (χ0n) is 17.5. The number of piperidine rings is 1. The number of hydrogen-bond acceptors (Lipinski definition) is 4. The smallest absolute Gasteiger partial charge is 0.193 e. The number of anilines is 1. The van der Waals surface area contributed by atoms with Gasteiger partial charge in [-0.2, -0.15) is 0 Å². The van der Waals surface area contributed by atoms with Gasteiger partial charge in [0.15, 0.2) is 5.96 Å². The van der Waals surface area contributed by atoms with Gasteiger partial charge in [0.2, 0.25) is 0 Å². The van der Waals surface area contributed by atoms with E-state index >= 15 is 0 Å². The second kappa shape index (κ2) is 10.7. The molecule has 0 aliphatic carbocycles. The van der Waals surface area contributed by atoms with Crippen LogP contribution in [-0.4, -0.2) is 88.9 Å². The Kier molecular flexibility index (Phi) is 8.06. The number of piperazine rings is 1. The first-order valence-electron chi connectivity index (χ1n) is 10.5. The van der Waals surface area contributed by atoms with Gasteiger partial charge in [-0.15, -0.1) is 0 Å². The lowest BCUT2D eigenvalue weighted by Gasteiger charge is -2.38. The number of ether oxygens (including phenoxy) is 1. The topological polar surface area (TPSA) is 43.3 Å². The van der Waals surface area contributed by atoms with Gasteiger partial charge in [-0.25, -0.2) is 8.78 Å². The Bertz CT molecular complexity index is 671. The van der Waals surface area contributed by atoms with E-state index in [1.807, 2.05) is 4.90 Å². The molecule has 0 aromatic heterocycles. The maximum absolute atomic E-state index is 14.0. The quantitative estimate of drug-likeness (QED) is 0.575. The minimum atomic E-state index is -0.408. The molecule has 2 fully saturated rings. The molecule has 1 N–H and O–H groups in total. The second-order valence-corrected chi connectivity index (χ2v) is 7.78. The molecule has 0 atom stereocenters. The molecule has 0 saturated carbocycles. The number of hydrogen-bond donors (Lipinski definition) is 1. The summed E-state index contributed by atoms with van der Waals surface area (Å²) < 4.78 is 32.7. The van der Waals surface area contributed by atoms with Crippen molar-refractivity contribution < 1.29 is 13.5 Å². The number of halogens is 2. The van der Waals surface area contributed by atoms with Crippen LogP contribution in [-0.2, 0) is 4.74 Å². The number of rotatable bonds is 6. The molecule has 0 spiro atoms. The molecule has 0 amide bonds. The van der Waals surface area contributed by atoms with Gasteiger partial charge in [0.1, 0.15) is 11.6 Å². The summed E-state index contributed by atoms with van der Waals surface area (Å²) in [6, 6.07) is 3.62. The van der Waals surface area contributed by atoms with Crippen LogP contribution in [0.4, 0.5) is 14.5 Å². The van der Waals surface area contributed by atoms with E-state index in [9.17, 15) is 8.78 Å². The SMILES string of the molecule is CN=C(NCC1CCN(CCOC)CC1)N1CCN(c2cc(F)ccc2F)CC1. The maximum atomic E-state index is 14.0. The van der Waals surface area contributed by atoms with Gasteiger partial charge in [-0.05, 0) is 44.0 Å². The van der Waals surface area contributed by atoms with Crippen molar-refractivity contribution in [2.24, 2.45) is 10.9 Å². The highest BCUT2D eigenvalue weighted by molar-refractivity contribution is 5.80. The molecule has 1 aromatic carbocycles. The Morgan fingerprint density at radius 2 is 1.86 bits per heavy atom. The number of nitrogens with one attached hydrogen (secondary N) is 1. The lowest BCUT2D eigenvalue weighted by molar-refractivity contribution is 0.120. The summed E-state index contributed by atoms with van der Waals surface area (Å²) in [6.45, 7) is 7.69. The van der Waals surface area contributed by atoms with Crippen molar-refractivity contribution in [3.8, 4) is 0 Å². The van der Waals surface area contributed by atoms with E-state index in [2.05, 4.69) is 20.1 Å². The van der Waals surface area contributed by atoms with Gasteiger partial charge in [-0.3, -0.25) is 4.99 Å². The maximum Gasteiger partial charge on any atom is 0.193 e. The Morgan fingerprint density at radius 3 is 2.52 bits per heavy atom. The normalized spacial score (nSPS) is 19.7. The van der Waals surface area contributed by atoms with Crippen molar-refractivity contribution in [1.82, 2.24) is 15.1 Å². The van der Waals surface area contributed by atoms with Crippen molar-refractivity contribution in [3.05, 3.63) is 29.8 Å². The molecule has 2 aliphatic rings. The number of nitrogens with zero attached hydrogens (tertiary/aromatic N) is 4. The average Bonchev–Trinajstić information content (AvgIpc) is 2.76. The summed E-state index contributed by atoms with van der Waals surface area (Å²) in [5.74, 6) is 0.758. The molecule has 0 radical (unpaired) electrons. The summed E-state index contributed by atoms with van der Waals surface area (Å²) in [7, 11) is 3.55. The third kappa shape index (κ3) is 6.02. The summed E-state index contributed by atoms with van der Waals surface area (Å²) >= 11 is 0. The zero-order valence-corrected chi connectivity index (χ0v) is 17.5. The van der Waals surface area contributed by atoms with Gasteiger partial charge < -0.3 is 24.8 Å². The van der Waals surface area contributed by atoms with Crippen LogP contribution in [0.15, 0.2) is 23.2 Å². The van der Waals surface area contributed by atoms with Crippen LogP contribution in [0, 0.1) is 17.6 Å². The van der Waals surface area contributed by atoms with Crippen molar-refractivity contribution in [2.45, 2.75) is 12.8 Å². The summed E-state index contributed by atoms with van der Waals surface area (Å²) in [6.07, 6.45) is 2.36. The highest BCUT2D eigenvalue weighted by Gasteiger charge is 2.23. The van der Waals surface area contributed by atoms with E-state index in [-0.39, 0.29) is 5.82 Å². The van der Waals surface area contributed by atoms with Gasteiger partial charge in [0.25, 0.3) is 0 Å². The number of methoxy groups -OCH3 is 1. The minimum Gasteiger partial charge on any atom is -0.383 e. The molecule has 29 heavy (non-hydrogen) atoms. The van der Waals surface area contributed by atoms with Crippen LogP contribution in [0.3, 0.4) is 0 Å². The number of aliphatic imine (C=N–C) groups is 1. The molecule has 6 nitrogen and oxygen atoms in total. The van der Waals surface area contributed by atoms with Crippen molar-refractivity contribution >= 4 is 11.6 Å². The van der Waals surface area contributed by atoms with Gasteiger partial charge in [-0.1, -0.05) is 0 Å². The first-order valence-corrected chi connectivity index (χ1v) is 10.5. The Hall–Kier alpha value is -1.93. The Morgan fingerprint density at radius 1 is 1.14 bits per heavy atom. The van der Waals surface area contributed by atoms with Crippen LogP contribution in [0.25, 0.3) is 0 Å². The van der Waals surface area contributed by atoms with E-state index in [0.717, 1.165) is 57.9 Å². The van der Waals surface area contributed by atoms with Gasteiger partial charge in [0.05, 0.1) is 12.3 Å². The summed E-state index contributed by atoms with van der Waals surface area (Å²) in [5, 5.41) is 3.52. The second-order valence-electron chi connectivity index (χ2n) is 7.78. The standard InChI is InChI=1S/C21H33F2N5O/c1-24-21(25-16-17-5-7-26(8-6-17)13-14-29-2)28-11-9-27(10-12-28)20-15-18(22)3-4-19(20)23/h3-4,15,17H,5-14,16H2,1-2H3,(H,24,25). The third-order valence-corrected chi connectivity index (χ3v) is 5.91. The molecule has 2 aliphatic heterocycles. The molecular formula is C21H33F2N5O. The molecule has 0 bridgehead atoms. The van der Waals surface area contributed by atoms with Gasteiger partial charge >= 0.3 is 0 Å². The lowest BCUT2D eigenvalue weighted by Crippen LogP contribution is -2.53.